The zero-order chi connectivity index (χ0) is 12.0. The van der Waals surface area contributed by atoms with Crippen molar-refractivity contribution in [3.8, 4) is 0 Å². The normalized spacial score (nSPS) is 13.6. The van der Waals surface area contributed by atoms with Crippen LogP contribution < -0.4 is 10.5 Å². The van der Waals surface area contributed by atoms with Crippen molar-refractivity contribution >= 4 is 10.0 Å². The molecule has 0 saturated carbocycles. The molecule has 0 aliphatic heterocycles. The molecular formula is C11H18N2O2S. The topological polar surface area (TPSA) is 72.2 Å². The third-order valence-electron chi connectivity index (χ3n) is 2.32. The summed E-state index contributed by atoms with van der Waals surface area (Å²) in [5.41, 5.74) is 6.23. The summed E-state index contributed by atoms with van der Waals surface area (Å²) in [6, 6.07) is 9.37. The standard InChI is InChI=1S/C11H18N2O2S/c1-2-11(10-6-4-3-5-7-10)13-16(14,15)9-8-12/h3-7,11,13H,2,8-9,12H2,1H3. The highest BCUT2D eigenvalue weighted by Crippen LogP contribution is 2.16. The average Bonchev–Trinajstić information content (AvgIpc) is 2.27. The molecule has 3 N–H and O–H groups in total. The van der Waals surface area contributed by atoms with E-state index in [2.05, 4.69) is 4.72 Å². The van der Waals surface area contributed by atoms with Gasteiger partial charge < -0.3 is 5.73 Å². The van der Waals surface area contributed by atoms with Gasteiger partial charge in [-0.25, -0.2) is 13.1 Å². The Hall–Kier alpha value is -0.910. The lowest BCUT2D eigenvalue weighted by molar-refractivity contribution is 0.550. The zero-order valence-electron chi connectivity index (χ0n) is 9.39. The van der Waals surface area contributed by atoms with E-state index < -0.39 is 10.0 Å². The van der Waals surface area contributed by atoms with Gasteiger partial charge in [0.25, 0.3) is 0 Å². The summed E-state index contributed by atoms with van der Waals surface area (Å²) >= 11 is 0. The Kier molecular flexibility index (Phi) is 4.92. The smallest absolute Gasteiger partial charge is 0.213 e. The van der Waals surface area contributed by atoms with Gasteiger partial charge in [0, 0.05) is 12.6 Å². The molecule has 0 fully saturated rings. The molecule has 1 rings (SSSR count). The predicted molar refractivity (Wildman–Crippen MR) is 65.5 cm³/mol. The van der Waals surface area contributed by atoms with E-state index in [4.69, 9.17) is 5.73 Å². The van der Waals surface area contributed by atoms with Crippen LogP contribution in [-0.2, 0) is 10.0 Å². The van der Waals surface area contributed by atoms with Gasteiger partial charge in [-0.15, -0.1) is 0 Å². The molecule has 0 aromatic heterocycles. The minimum absolute atomic E-state index is 0.0314. The highest BCUT2D eigenvalue weighted by molar-refractivity contribution is 7.89. The van der Waals surface area contributed by atoms with E-state index in [1.807, 2.05) is 37.3 Å². The van der Waals surface area contributed by atoms with Crippen LogP contribution in [0.25, 0.3) is 0 Å². The maximum absolute atomic E-state index is 11.6. The van der Waals surface area contributed by atoms with Crippen molar-refractivity contribution in [1.82, 2.24) is 4.72 Å². The van der Waals surface area contributed by atoms with Crippen LogP contribution in [0, 0.1) is 0 Å². The molecule has 1 unspecified atom stereocenters. The molecular weight excluding hydrogens is 224 g/mol. The molecule has 4 nitrogen and oxygen atoms in total. The number of hydrogen-bond acceptors (Lipinski definition) is 3. The molecule has 0 aliphatic rings. The van der Waals surface area contributed by atoms with Gasteiger partial charge in [0.05, 0.1) is 5.75 Å². The van der Waals surface area contributed by atoms with E-state index in [-0.39, 0.29) is 18.3 Å². The molecule has 1 aromatic carbocycles. The van der Waals surface area contributed by atoms with E-state index in [1.165, 1.54) is 0 Å². The number of nitrogens with one attached hydrogen (secondary N) is 1. The number of nitrogens with two attached hydrogens (primary N) is 1. The van der Waals surface area contributed by atoms with E-state index in [1.54, 1.807) is 0 Å². The Bertz CT molecular complexity index is 403. The van der Waals surface area contributed by atoms with Gasteiger partial charge in [-0.1, -0.05) is 37.3 Å². The van der Waals surface area contributed by atoms with Crippen LogP contribution in [0.5, 0.6) is 0 Å². The summed E-state index contributed by atoms with van der Waals surface area (Å²) in [6.07, 6.45) is 0.716. The third-order valence-corrected chi connectivity index (χ3v) is 3.74. The van der Waals surface area contributed by atoms with Crippen LogP contribution in [0.2, 0.25) is 0 Å². The van der Waals surface area contributed by atoms with E-state index in [0.717, 1.165) is 5.56 Å². The Balaban J connectivity index is 2.78. The molecule has 0 heterocycles. The fourth-order valence-corrected chi connectivity index (χ4v) is 2.67. The van der Waals surface area contributed by atoms with Crippen molar-refractivity contribution in [2.75, 3.05) is 12.3 Å². The summed E-state index contributed by atoms with van der Waals surface area (Å²) < 4.78 is 25.8. The zero-order valence-corrected chi connectivity index (χ0v) is 10.2. The quantitative estimate of drug-likeness (QED) is 0.782. The van der Waals surface area contributed by atoms with Gasteiger partial charge in [0.1, 0.15) is 0 Å². The SMILES string of the molecule is CCC(NS(=O)(=O)CCN)c1ccccc1. The van der Waals surface area contributed by atoms with Gasteiger partial charge in [-0.3, -0.25) is 0 Å². The Morgan fingerprint density at radius 1 is 1.31 bits per heavy atom. The van der Waals surface area contributed by atoms with Crippen molar-refractivity contribution < 1.29 is 8.42 Å². The summed E-state index contributed by atoms with van der Waals surface area (Å²) in [5.74, 6) is -0.0314. The Morgan fingerprint density at radius 2 is 1.94 bits per heavy atom. The second-order valence-corrected chi connectivity index (χ2v) is 5.47. The molecule has 1 aromatic rings. The van der Waals surface area contributed by atoms with Gasteiger partial charge in [0.2, 0.25) is 10.0 Å². The maximum Gasteiger partial charge on any atom is 0.213 e. The first-order chi connectivity index (χ1) is 7.59. The average molecular weight is 242 g/mol. The van der Waals surface area contributed by atoms with Gasteiger partial charge in [-0.2, -0.15) is 0 Å². The molecule has 0 bridgehead atoms. The van der Waals surface area contributed by atoms with Crippen molar-refractivity contribution in [1.29, 1.82) is 0 Å². The summed E-state index contributed by atoms with van der Waals surface area (Å²) in [5, 5.41) is 0. The molecule has 90 valence electrons. The molecule has 0 aliphatic carbocycles. The van der Waals surface area contributed by atoms with Crippen LogP contribution in [0.15, 0.2) is 30.3 Å². The van der Waals surface area contributed by atoms with Crippen LogP contribution in [0.4, 0.5) is 0 Å². The largest absolute Gasteiger partial charge is 0.329 e. The second-order valence-electron chi connectivity index (χ2n) is 3.60. The number of rotatable bonds is 6. The van der Waals surface area contributed by atoms with E-state index in [0.29, 0.717) is 6.42 Å². The monoisotopic (exact) mass is 242 g/mol. The molecule has 0 radical (unpaired) electrons. The Labute approximate surface area is 96.9 Å². The lowest BCUT2D eigenvalue weighted by Crippen LogP contribution is -2.32. The molecule has 0 saturated heterocycles. The lowest BCUT2D eigenvalue weighted by Gasteiger charge is -2.17. The van der Waals surface area contributed by atoms with Gasteiger partial charge in [0.15, 0.2) is 0 Å². The van der Waals surface area contributed by atoms with Gasteiger partial charge >= 0.3 is 0 Å². The maximum atomic E-state index is 11.6. The van der Waals surface area contributed by atoms with Gasteiger partial charge in [-0.05, 0) is 12.0 Å². The number of benzene rings is 1. The van der Waals surface area contributed by atoms with Crippen molar-refractivity contribution in [2.24, 2.45) is 5.73 Å². The van der Waals surface area contributed by atoms with Crippen molar-refractivity contribution in [2.45, 2.75) is 19.4 Å². The summed E-state index contributed by atoms with van der Waals surface area (Å²) in [4.78, 5) is 0. The number of hydrogen-bond donors (Lipinski definition) is 2. The van der Waals surface area contributed by atoms with Crippen molar-refractivity contribution in [3.63, 3.8) is 0 Å². The minimum atomic E-state index is -3.27. The third kappa shape index (κ3) is 3.92. The lowest BCUT2D eigenvalue weighted by atomic mass is 10.1. The fourth-order valence-electron chi connectivity index (χ4n) is 1.50. The van der Waals surface area contributed by atoms with Crippen LogP contribution in [0.1, 0.15) is 24.9 Å². The first-order valence-corrected chi connectivity index (χ1v) is 6.99. The fraction of sp³-hybridized carbons (Fsp3) is 0.455. The predicted octanol–water partition coefficient (Wildman–Crippen LogP) is 1.02. The van der Waals surface area contributed by atoms with E-state index in [9.17, 15) is 8.42 Å². The highest BCUT2D eigenvalue weighted by atomic mass is 32.2. The van der Waals surface area contributed by atoms with Crippen molar-refractivity contribution in [3.05, 3.63) is 35.9 Å². The Morgan fingerprint density at radius 3 is 2.44 bits per heavy atom. The highest BCUT2D eigenvalue weighted by Gasteiger charge is 2.16. The molecule has 5 heteroatoms. The first kappa shape index (κ1) is 13.2. The van der Waals surface area contributed by atoms with Crippen LogP contribution >= 0.6 is 0 Å². The van der Waals surface area contributed by atoms with Crippen LogP contribution in [0.3, 0.4) is 0 Å². The summed E-state index contributed by atoms with van der Waals surface area (Å²) in [7, 11) is -3.27. The molecule has 0 spiro atoms. The van der Waals surface area contributed by atoms with E-state index >= 15 is 0 Å². The molecule has 1 atom stereocenters. The minimum Gasteiger partial charge on any atom is -0.329 e. The second kappa shape index (κ2) is 5.98. The summed E-state index contributed by atoms with van der Waals surface area (Å²) in [6.45, 7) is 2.09. The first-order valence-electron chi connectivity index (χ1n) is 5.34. The molecule has 0 amide bonds. The van der Waals surface area contributed by atoms with Crippen LogP contribution in [-0.4, -0.2) is 20.7 Å². The molecule has 16 heavy (non-hydrogen) atoms. The number of sulfonamides is 1.